The van der Waals surface area contributed by atoms with Crippen molar-refractivity contribution in [1.82, 2.24) is 15.1 Å². The van der Waals surface area contributed by atoms with Gasteiger partial charge in [-0.2, -0.15) is 0 Å². The highest BCUT2D eigenvalue weighted by atomic mass is 16.6. The third-order valence-electron chi connectivity index (χ3n) is 3.90. The van der Waals surface area contributed by atoms with E-state index >= 15 is 0 Å². The van der Waals surface area contributed by atoms with Crippen LogP contribution < -0.4 is 10.1 Å². The van der Waals surface area contributed by atoms with E-state index in [1.54, 1.807) is 17.0 Å². The lowest BCUT2D eigenvalue weighted by atomic mass is 10.3. The number of hydrogen-bond acceptors (Lipinski definition) is 4. The van der Waals surface area contributed by atoms with Gasteiger partial charge in [0.05, 0.1) is 0 Å². The molecule has 6 heteroatoms. The first-order chi connectivity index (χ1) is 11.5. The second-order valence-electron chi connectivity index (χ2n) is 6.34. The van der Waals surface area contributed by atoms with Crippen LogP contribution in [0.4, 0.5) is 4.79 Å². The Balaban J connectivity index is 1.75. The van der Waals surface area contributed by atoms with Crippen molar-refractivity contribution < 1.29 is 14.3 Å². The molecule has 1 aliphatic rings. The number of rotatable bonds is 5. The van der Waals surface area contributed by atoms with Crippen molar-refractivity contribution in [2.24, 2.45) is 0 Å². The molecule has 0 radical (unpaired) electrons. The molecular weight excluding hydrogens is 306 g/mol. The summed E-state index contributed by atoms with van der Waals surface area (Å²) in [5.74, 6) is 0.642. The van der Waals surface area contributed by atoms with Crippen molar-refractivity contribution in [3.05, 3.63) is 30.3 Å². The monoisotopic (exact) mass is 333 g/mol. The minimum atomic E-state index is -0.305. The Hall–Kier alpha value is -2.08. The van der Waals surface area contributed by atoms with Crippen molar-refractivity contribution in [3.8, 4) is 5.75 Å². The summed E-state index contributed by atoms with van der Waals surface area (Å²) in [6, 6.07) is 9.29. The molecule has 0 aromatic heterocycles. The van der Waals surface area contributed by atoms with Gasteiger partial charge in [-0.1, -0.05) is 18.2 Å². The number of hydrogen-bond donors (Lipinski definition) is 1. The van der Waals surface area contributed by atoms with Crippen molar-refractivity contribution in [2.45, 2.75) is 32.7 Å². The number of carbonyl (C=O) groups excluding carboxylic acids is 2. The third-order valence-corrected chi connectivity index (χ3v) is 3.90. The predicted octanol–water partition coefficient (Wildman–Crippen LogP) is 2.11. The average Bonchev–Trinajstić information content (AvgIpc) is 2.79. The molecule has 0 bridgehead atoms. The average molecular weight is 333 g/mol. The summed E-state index contributed by atoms with van der Waals surface area (Å²) in [6.07, 6.45) is 1.07. The number of nitrogens with zero attached hydrogens (tertiary/aromatic N) is 2. The first-order valence-corrected chi connectivity index (χ1v) is 8.58. The summed E-state index contributed by atoms with van der Waals surface area (Å²) < 4.78 is 5.39. The lowest BCUT2D eigenvalue weighted by Crippen LogP contribution is -2.38. The molecule has 0 atom stereocenters. The van der Waals surface area contributed by atoms with Crippen molar-refractivity contribution >= 4 is 12.0 Å². The van der Waals surface area contributed by atoms with Crippen LogP contribution in [0.3, 0.4) is 0 Å². The quantitative estimate of drug-likeness (QED) is 0.896. The van der Waals surface area contributed by atoms with Crippen LogP contribution in [-0.2, 0) is 4.79 Å². The Labute approximate surface area is 143 Å². The van der Waals surface area contributed by atoms with Gasteiger partial charge in [-0.15, -0.1) is 0 Å². The zero-order valence-electron chi connectivity index (χ0n) is 14.5. The van der Waals surface area contributed by atoms with E-state index in [0.717, 1.165) is 26.1 Å². The van der Waals surface area contributed by atoms with Gasteiger partial charge in [-0.3, -0.25) is 4.79 Å². The molecule has 2 rings (SSSR count). The van der Waals surface area contributed by atoms with Gasteiger partial charge in [-0.25, -0.2) is 4.79 Å². The number of carbonyl (C=O) groups is 2. The van der Waals surface area contributed by atoms with Crippen LogP contribution in [0.25, 0.3) is 0 Å². The van der Waals surface area contributed by atoms with Crippen molar-refractivity contribution in [2.75, 3.05) is 32.7 Å². The second-order valence-corrected chi connectivity index (χ2v) is 6.34. The Bertz CT molecular complexity index is 534. The second kappa shape index (κ2) is 9.27. The lowest BCUT2D eigenvalue weighted by Gasteiger charge is -2.21. The molecule has 1 aliphatic heterocycles. The molecule has 1 heterocycles. The molecule has 24 heavy (non-hydrogen) atoms. The van der Waals surface area contributed by atoms with E-state index in [1.807, 2.05) is 32.0 Å². The van der Waals surface area contributed by atoms with E-state index in [0.29, 0.717) is 25.3 Å². The number of nitrogens with one attached hydrogen (secondary N) is 1. The Morgan fingerprint density at radius 3 is 2.58 bits per heavy atom. The summed E-state index contributed by atoms with van der Waals surface area (Å²) in [7, 11) is 0. The highest BCUT2D eigenvalue weighted by Crippen LogP contribution is 2.12. The smallest absolute Gasteiger partial charge is 0.410 e. The maximum absolute atomic E-state index is 12.2. The first kappa shape index (κ1) is 18.3. The summed E-state index contributed by atoms with van der Waals surface area (Å²) in [6.45, 7) is 7.60. The van der Waals surface area contributed by atoms with Crippen LogP contribution >= 0.6 is 0 Å². The highest BCUT2D eigenvalue weighted by Gasteiger charge is 2.21. The molecule has 1 aromatic rings. The molecule has 1 saturated heterocycles. The topological polar surface area (TPSA) is 61.9 Å². The molecule has 6 nitrogen and oxygen atoms in total. The van der Waals surface area contributed by atoms with Gasteiger partial charge in [0.1, 0.15) is 5.75 Å². The molecule has 0 saturated carbocycles. The van der Waals surface area contributed by atoms with Crippen LogP contribution in [0.2, 0.25) is 0 Å². The molecule has 0 unspecified atom stereocenters. The zero-order valence-corrected chi connectivity index (χ0v) is 14.5. The summed E-state index contributed by atoms with van der Waals surface area (Å²) in [5.41, 5.74) is 0. The maximum Gasteiger partial charge on any atom is 0.415 e. The fourth-order valence-corrected chi connectivity index (χ4v) is 2.68. The van der Waals surface area contributed by atoms with Gasteiger partial charge < -0.3 is 19.9 Å². The lowest BCUT2D eigenvalue weighted by molar-refractivity contribution is -0.121. The minimum absolute atomic E-state index is 0.0783. The molecule has 132 valence electrons. The molecule has 1 N–H and O–H groups in total. The van der Waals surface area contributed by atoms with Gasteiger partial charge in [0.15, 0.2) is 0 Å². The van der Waals surface area contributed by atoms with Gasteiger partial charge >= 0.3 is 6.09 Å². The van der Waals surface area contributed by atoms with Crippen molar-refractivity contribution in [1.29, 1.82) is 0 Å². The fourth-order valence-electron chi connectivity index (χ4n) is 2.68. The van der Waals surface area contributed by atoms with Crippen LogP contribution in [-0.4, -0.2) is 60.6 Å². The van der Waals surface area contributed by atoms with Gasteiger partial charge in [0.25, 0.3) is 0 Å². The standard InChI is InChI=1S/C18H27N3O3/c1-15(2)19-17(22)9-12-20-10-6-11-21(14-13-20)18(23)24-16-7-4-3-5-8-16/h3-5,7-8,15H,6,9-14H2,1-2H3,(H,19,22). The first-order valence-electron chi connectivity index (χ1n) is 8.58. The van der Waals surface area contributed by atoms with Gasteiger partial charge in [0.2, 0.25) is 5.91 Å². The minimum Gasteiger partial charge on any atom is -0.410 e. The van der Waals surface area contributed by atoms with Crippen LogP contribution in [0.15, 0.2) is 30.3 Å². The number of ether oxygens (including phenoxy) is 1. The van der Waals surface area contributed by atoms with Crippen LogP contribution in [0.1, 0.15) is 26.7 Å². The van der Waals surface area contributed by atoms with E-state index < -0.39 is 0 Å². The van der Waals surface area contributed by atoms with E-state index in [1.165, 1.54) is 0 Å². The third kappa shape index (κ3) is 6.20. The number of benzene rings is 1. The molecular formula is C18H27N3O3. The van der Waals surface area contributed by atoms with Crippen LogP contribution in [0, 0.1) is 0 Å². The summed E-state index contributed by atoms with van der Waals surface area (Å²) >= 11 is 0. The largest absolute Gasteiger partial charge is 0.415 e. The molecule has 2 amide bonds. The van der Waals surface area contributed by atoms with Gasteiger partial charge in [0, 0.05) is 38.6 Å². The van der Waals surface area contributed by atoms with E-state index in [9.17, 15) is 9.59 Å². The summed E-state index contributed by atoms with van der Waals surface area (Å²) in [4.78, 5) is 27.9. The predicted molar refractivity (Wildman–Crippen MR) is 93.0 cm³/mol. The SMILES string of the molecule is CC(C)NC(=O)CCN1CCCN(C(=O)Oc2ccccc2)CC1. The van der Waals surface area contributed by atoms with E-state index in [2.05, 4.69) is 10.2 Å². The number of amides is 2. The Morgan fingerprint density at radius 1 is 1.12 bits per heavy atom. The highest BCUT2D eigenvalue weighted by molar-refractivity contribution is 5.76. The molecule has 1 fully saturated rings. The number of para-hydroxylation sites is 1. The van der Waals surface area contributed by atoms with Gasteiger partial charge in [-0.05, 0) is 38.9 Å². The zero-order chi connectivity index (χ0) is 17.4. The summed E-state index contributed by atoms with van der Waals surface area (Å²) in [5, 5.41) is 2.90. The van der Waals surface area contributed by atoms with E-state index in [4.69, 9.17) is 4.74 Å². The molecule has 1 aromatic carbocycles. The van der Waals surface area contributed by atoms with E-state index in [-0.39, 0.29) is 18.0 Å². The van der Waals surface area contributed by atoms with Crippen LogP contribution in [0.5, 0.6) is 5.75 Å². The molecule has 0 aliphatic carbocycles. The molecule has 0 spiro atoms. The Morgan fingerprint density at radius 2 is 1.88 bits per heavy atom. The Kier molecular flexibility index (Phi) is 7.06. The van der Waals surface area contributed by atoms with Crippen molar-refractivity contribution in [3.63, 3.8) is 0 Å². The normalized spacial score (nSPS) is 15.9. The maximum atomic E-state index is 12.2. The fraction of sp³-hybridized carbons (Fsp3) is 0.556.